The number of methoxy groups -OCH3 is 1. The molecule has 21 heavy (non-hydrogen) atoms. The number of hydrogen-bond acceptors (Lipinski definition) is 3. The standard InChI is InChI=1S/C18H20N2O/c1-3-10-20-13-15-6-4-5-7-16(15)17-11-14(12-19)8-9-18(17)21-2/h4-9,11,20H,3,10,13H2,1-2H3. The van der Waals surface area contributed by atoms with Crippen molar-refractivity contribution >= 4 is 0 Å². The van der Waals surface area contributed by atoms with Crippen LogP contribution in [-0.2, 0) is 6.54 Å². The first-order valence-corrected chi connectivity index (χ1v) is 7.17. The normalized spacial score (nSPS) is 10.1. The van der Waals surface area contributed by atoms with Gasteiger partial charge in [0.05, 0.1) is 18.7 Å². The lowest BCUT2D eigenvalue weighted by Gasteiger charge is -2.14. The lowest BCUT2D eigenvalue weighted by atomic mass is 9.97. The Hall–Kier alpha value is -2.31. The van der Waals surface area contributed by atoms with Crippen LogP contribution in [0.3, 0.4) is 0 Å². The number of rotatable bonds is 6. The summed E-state index contributed by atoms with van der Waals surface area (Å²) in [6.07, 6.45) is 1.11. The van der Waals surface area contributed by atoms with Crippen molar-refractivity contribution in [3.8, 4) is 22.9 Å². The molecule has 0 radical (unpaired) electrons. The third kappa shape index (κ3) is 3.62. The van der Waals surface area contributed by atoms with E-state index in [2.05, 4.69) is 30.4 Å². The number of ether oxygens (including phenoxy) is 1. The Morgan fingerprint density at radius 2 is 1.95 bits per heavy atom. The molecule has 0 unspecified atom stereocenters. The molecule has 0 spiro atoms. The van der Waals surface area contributed by atoms with Crippen molar-refractivity contribution in [3.05, 3.63) is 53.6 Å². The second kappa shape index (κ2) is 7.47. The first-order chi connectivity index (χ1) is 10.3. The van der Waals surface area contributed by atoms with Crippen molar-refractivity contribution in [2.24, 2.45) is 0 Å². The zero-order valence-corrected chi connectivity index (χ0v) is 12.5. The number of nitrogens with one attached hydrogen (secondary N) is 1. The predicted octanol–water partition coefficient (Wildman–Crippen LogP) is 3.73. The van der Waals surface area contributed by atoms with E-state index < -0.39 is 0 Å². The van der Waals surface area contributed by atoms with Gasteiger partial charge in [-0.1, -0.05) is 31.2 Å². The highest BCUT2D eigenvalue weighted by atomic mass is 16.5. The molecule has 0 fully saturated rings. The van der Waals surface area contributed by atoms with Gasteiger partial charge in [-0.3, -0.25) is 0 Å². The molecule has 0 amide bonds. The Bertz CT molecular complexity index is 644. The molecule has 2 rings (SSSR count). The summed E-state index contributed by atoms with van der Waals surface area (Å²) in [7, 11) is 1.66. The maximum atomic E-state index is 9.11. The van der Waals surface area contributed by atoms with Crippen LogP contribution in [-0.4, -0.2) is 13.7 Å². The van der Waals surface area contributed by atoms with E-state index in [9.17, 15) is 0 Å². The molecule has 0 saturated heterocycles. The van der Waals surface area contributed by atoms with E-state index in [1.807, 2.05) is 24.3 Å². The van der Waals surface area contributed by atoms with Gasteiger partial charge < -0.3 is 10.1 Å². The zero-order valence-electron chi connectivity index (χ0n) is 12.5. The van der Waals surface area contributed by atoms with Gasteiger partial charge in [0.15, 0.2) is 0 Å². The van der Waals surface area contributed by atoms with Gasteiger partial charge in [0, 0.05) is 12.1 Å². The Kier molecular flexibility index (Phi) is 5.36. The number of benzene rings is 2. The van der Waals surface area contributed by atoms with Crippen molar-refractivity contribution in [2.45, 2.75) is 19.9 Å². The van der Waals surface area contributed by atoms with E-state index in [-0.39, 0.29) is 0 Å². The topological polar surface area (TPSA) is 45.0 Å². The maximum Gasteiger partial charge on any atom is 0.126 e. The summed E-state index contributed by atoms with van der Waals surface area (Å²) in [6.45, 7) is 3.95. The monoisotopic (exact) mass is 280 g/mol. The van der Waals surface area contributed by atoms with E-state index in [0.717, 1.165) is 36.4 Å². The predicted molar refractivity (Wildman–Crippen MR) is 85.1 cm³/mol. The highest BCUT2D eigenvalue weighted by Crippen LogP contribution is 2.33. The Labute approximate surface area is 126 Å². The molecular weight excluding hydrogens is 260 g/mol. The Morgan fingerprint density at radius 3 is 2.67 bits per heavy atom. The first-order valence-electron chi connectivity index (χ1n) is 7.17. The molecule has 108 valence electrons. The lowest BCUT2D eigenvalue weighted by Crippen LogP contribution is -2.14. The van der Waals surface area contributed by atoms with Crippen LogP contribution in [0.25, 0.3) is 11.1 Å². The molecular formula is C18H20N2O. The third-order valence-electron chi connectivity index (χ3n) is 3.38. The lowest BCUT2D eigenvalue weighted by molar-refractivity contribution is 0.416. The fraction of sp³-hybridized carbons (Fsp3) is 0.278. The fourth-order valence-electron chi connectivity index (χ4n) is 2.33. The smallest absolute Gasteiger partial charge is 0.126 e. The highest BCUT2D eigenvalue weighted by molar-refractivity contribution is 5.74. The molecule has 0 aliphatic carbocycles. The van der Waals surface area contributed by atoms with Gasteiger partial charge in [0.1, 0.15) is 5.75 Å². The molecule has 0 saturated carbocycles. The van der Waals surface area contributed by atoms with E-state index in [1.165, 1.54) is 5.56 Å². The minimum absolute atomic E-state index is 0.641. The van der Waals surface area contributed by atoms with Crippen molar-refractivity contribution < 1.29 is 4.74 Å². The molecule has 2 aromatic carbocycles. The molecule has 1 N–H and O–H groups in total. The largest absolute Gasteiger partial charge is 0.496 e. The molecule has 0 heterocycles. The van der Waals surface area contributed by atoms with Gasteiger partial charge in [-0.25, -0.2) is 0 Å². The summed E-state index contributed by atoms with van der Waals surface area (Å²) in [4.78, 5) is 0. The van der Waals surface area contributed by atoms with Crippen LogP contribution >= 0.6 is 0 Å². The minimum atomic E-state index is 0.641. The number of nitrogens with zero attached hydrogens (tertiary/aromatic N) is 1. The fourth-order valence-corrected chi connectivity index (χ4v) is 2.33. The van der Waals surface area contributed by atoms with Crippen molar-refractivity contribution in [2.75, 3.05) is 13.7 Å². The van der Waals surface area contributed by atoms with Gasteiger partial charge in [0.25, 0.3) is 0 Å². The van der Waals surface area contributed by atoms with Crippen LogP contribution in [0.1, 0.15) is 24.5 Å². The Morgan fingerprint density at radius 1 is 1.14 bits per heavy atom. The molecule has 0 aromatic heterocycles. The van der Waals surface area contributed by atoms with Gasteiger partial charge >= 0.3 is 0 Å². The molecule has 0 aliphatic rings. The van der Waals surface area contributed by atoms with Crippen LogP contribution in [0, 0.1) is 11.3 Å². The van der Waals surface area contributed by atoms with Gasteiger partial charge in [-0.05, 0) is 42.3 Å². The quantitative estimate of drug-likeness (QED) is 0.820. The molecule has 3 nitrogen and oxygen atoms in total. The van der Waals surface area contributed by atoms with Crippen LogP contribution in [0.5, 0.6) is 5.75 Å². The third-order valence-corrected chi connectivity index (χ3v) is 3.38. The maximum absolute atomic E-state index is 9.11. The molecule has 0 aliphatic heterocycles. The molecule has 0 atom stereocenters. The number of hydrogen-bond donors (Lipinski definition) is 1. The summed E-state index contributed by atoms with van der Waals surface area (Å²) in [5.74, 6) is 0.789. The van der Waals surface area contributed by atoms with Crippen molar-refractivity contribution in [3.63, 3.8) is 0 Å². The van der Waals surface area contributed by atoms with Crippen LogP contribution in [0.4, 0.5) is 0 Å². The summed E-state index contributed by atoms with van der Waals surface area (Å²) in [6, 6.07) is 15.9. The van der Waals surface area contributed by atoms with E-state index in [0.29, 0.717) is 5.56 Å². The second-order valence-electron chi connectivity index (χ2n) is 4.86. The molecule has 0 bridgehead atoms. The second-order valence-corrected chi connectivity index (χ2v) is 4.86. The van der Waals surface area contributed by atoms with E-state index in [1.54, 1.807) is 13.2 Å². The molecule has 2 aromatic rings. The average Bonchev–Trinajstić information content (AvgIpc) is 2.55. The molecule has 3 heteroatoms. The van der Waals surface area contributed by atoms with Gasteiger partial charge in [-0.2, -0.15) is 5.26 Å². The Balaban J connectivity index is 2.43. The minimum Gasteiger partial charge on any atom is -0.496 e. The first kappa shape index (κ1) is 15.1. The zero-order chi connectivity index (χ0) is 15.1. The van der Waals surface area contributed by atoms with Crippen molar-refractivity contribution in [1.29, 1.82) is 5.26 Å². The summed E-state index contributed by atoms with van der Waals surface area (Å²) in [5, 5.41) is 12.5. The van der Waals surface area contributed by atoms with Gasteiger partial charge in [-0.15, -0.1) is 0 Å². The van der Waals surface area contributed by atoms with E-state index >= 15 is 0 Å². The highest BCUT2D eigenvalue weighted by Gasteiger charge is 2.10. The van der Waals surface area contributed by atoms with Crippen LogP contribution < -0.4 is 10.1 Å². The number of nitriles is 1. The van der Waals surface area contributed by atoms with Gasteiger partial charge in [0.2, 0.25) is 0 Å². The van der Waals surface area contributed by atoms with Crippen LogP contribution in [0.2, 0.25) is 0 Å². The van der Waals surface area contributed by atoms with Crippen molar-refractivity contribution in [1.82, 2.24) is 5.32 Å². The van der Waals surface area contributed by atoms with E-state index in [4.69, 9.17) is 10.00 Å². The van der Waals surface area contributed by atoms with Crippen LogP contribution in [0.15, 0.2) is 42.5 Å². The summed E-state index contributed by atoms with van der Waals surface area (Å²) < 4.78 is 5.45. The summed E-state index contributed by atoms with van der Waals surface area (Å²) >= 11 is 0. The average molecular weight is 280 g/mol. The summed E-state index contributed by atoms with van der Waals surface area (Å²) in [5.41, 5.74) is 3.92. The SMILES string of the molecule is CCCNCc1ccccc1-c1cc(C#N)ccc1OC.